The third-order valence-electron chi connectivity index (χ3n) is 5.72. The normalized spacial score (nSPS) is 16.6. The van der Waals surface area contributed by atoms with Crippen LogP contribution in [0.25, 0.3) is 0 Å². The average molecular weight is 574 g/mol. The van der Waals surface area contributed by atoms with E-state index < -0.39 is 29.6 Å². The number of allylic oxidation sites excluding steroid dienone is 1. The molecule has 0 spiro atoms. The Morgan fingerprint density at radius 3 is 2.46 bits per heavy atom. The fourth-order valence-electron chi connectivity index (χ4n) is 4.07. The Labute approximate surface area is 235 Å². The summed E-state index contributed by atoms with van der Waals surface area (Å²) in [5.74, 6) is -3.20. The maximum absolute atomic E-state index is 13.2. The van der Waals surface area contributed by atoms with Crippen molar-refractivity contribution in [3.8, 4) is 23.3 Å². The Morgan fingerprint density at radius 2 is 1.82 bits per heavy atom. The molecule has 2 N–H and O–H groups in total. The van der Waals surface area contributed by atoms with Gasteiger partial charge in [-0.05, 0) is 19.9 Å². The predicted octanol–water partition coefficient (Wildman–Crippen LogP) is 4.26. The number of para-hydroxylation sites is 1. The van der Waals surface area contributed by atoms with Gasteiger partial charge in [0, 0.05) is 23.6 Å². The minimum absolute atomic E-state index is 0.0643. The van der Waals surface area contributed by atoms with E-state index in [-0.39, 0.29) is 23.0 Å². The standard InChI is InChI=1S/C27H28ClN3O7S/c1-5-37-19-10-8-7-9-15(19)23-16(13-29)26(31-25(33)24(23)27(34)38-6-2)39-14-22(32)30-18-12-20(35-3)17(28)11-21(18)36-4/h7-12,23-24H,5-6,14H2,1-4H3,(H,30,32)(H,31,33)/t23-,24+/m1/s1. The Kier molecular flexibility index (Phi) is 10.5. The van der Waals surface area contributed by atoms with Crippen molar-refractivity contribution in [1.29, 1.82) is 5.26 Å². The second-order valence-corrected chi connectivity index (χ2v) is 9.44. The minimum atomic E-state index is -1.31. The molecule has 1 heterocycles. The first-order valence-corrected chi connectivity index (χ1v) is 13.3. The minimum Gasteiger partial charge on any atom is -0.495 e. The number of benzene rings is 2. The van der Waals surface area contributed by atoms with Gasteiger partial charge in [-0.2, -0.15) is 5.26 Å². The van der Waals surface area contributed by atoms with Gasteiger partial charge in [0.15, 0.2) is 0 Å². The molecule has 206 valence electrons. The lowest BCUT2D eigenvalue weighted by molar-refractivity contribution is -0.152. The van der Waals surface area contributed by atoms with Crippen LogP contribution >= 0.6 is 23.4 Å². The molecule has 2 aromatic carbocycles. The molecule has 0 bridgehead atoms. The number of halogens is 1. The van der Waals surface area contributed by atoms with Crippen LogP contribution in [0, 0.1) is 17.2 Å². The highest BCUT2D eigenvalue weighted by molar-refractivity contribution is 8.03. The SMILES string of the molecule is CCOC(=O)[C@@H]1C(=O)NC(SCC(=O)Nc2cc(OC)c(Cl)cc2OC)=C(C#N)[C@H]1c1ccccc1OCC. The van der Waals surface area contributed by atoms with Crippen molar-refractivity contribution in [2.45, 2.75) is 19.8 Å². The molecule has 0 unspecified atom stereocenters. The zero-order chi connectivity index (χ0) is 28.5. The van der Waals surface area contributed by atoms with Crippen molar-refractivity contribution < 1.29 is 33.3 Å². The molecule has 1 aliphatic heterocycles. The van der Waals surface area contributed by atoms with Gasteiger partial charge >= 0.3 is 5.97 Å². The Morgan fingerprint density at radius 1 is 1.10 bits per heavy atom. The van der Waals surface area contributed by atoms with Gasteiger partial charge in [0.25, 0.3) is 0 Å². The molecule has 10 nitrogen and oxygen atoms in total. The first kappa shape index (κ1) is 29.7. The number of ether oxygens (including phenoxy) is 4. The van der Waals surface area contributed by atoms with Crippen molar-refractivity contribution in [3.05, 3.63) is 57.6 Å². The van der Waals surface area contributed by atoms with Crippen LogP contribution in [0.1, 0.15) is 25.3 Å². The van der Waals surface area contributed by atoms with Crippen molar-refractivity contribution >= 4 is 46.8 Å². The molecule has 39 heavy (non-hydrogen) atoms. The molecule has 0 fully saturated rings. The molecular weight excluding hydrogens is 546 g/mol. The number of amides is 2. The molecular formula is C27H28ClN3O7S. The smallest absolute Gasteiger partial charge is 0.319 e. The summed E-state index contributed by atoms with van der Waals surface area (Å²) in [6.45, 7) is 3.84. The molecule has 0 saturated heterocycles. The highest BCUT2D eigenvalue weighted by atomic mass is 35.5. The Balaban J connectivity index is 1.95. The van der Waals surface area contributed by atoms with Crippen LogP contribution < -0.4 is 24.8 Å². The number of rotatable bonds is 11. The second kappa shape index (κ2) is 13.8. The number of nitrogens with zero attached hydrogens (tertiary/aromatic N) is 1. The number of anilines is 1. The van der Waals surface area contributed by atoms with E-state index in [1.165, 1.54) is 26.4 Å². The van der Waals surface area contributed by atoms with Gasteiger partial charge in [-0.1, -0.05) is 41.6 Å². The van der Waals surface area contributed by atoms with Gasteiger partial charge in [-0.25, -0.2) is 0 Å². The first-order chi connectivity index (χ1) is 18.8. The molecule has 0 aromatic heterocycles. The van der Waals surface area contributed by atoms with Crippen molar-refractivity contribution in [3.63, 3.8) is 0 Å². The molecule has 0 radical (unpaired) electrons. The van der Waals surface area contributed by atoms with E-state index in [9.17, 15) is 19.6 Å². The molecule has 1 aliphatic rings. The molecule has 2 amide bonds. The van der Waals surface area contributed by atoms with E-state index in [1.807, 2.05) is 0 Å². The number of hydrogen-bond acceptors (Lipinski definition) is 9. The lowest BCUT2D eigenvalue weighted by atomic mass is 9.78. The average Bonchev–Trinajstić information content (AvgIpc) is 2.92. The summed E-state index contributed by atoms with van der Waals surface area (Å²) in [6, 6.07) is 12.1. The fraction of sp³-hybridized carbons (Fsp3) is 0.333. The number of carbonyl (C=O) groups is 3. The summed E-state index contributed by atoms with van der Waals surface area (Å²) < 4.78 is 21.4. The van der Waals surface area contributed by atoms with Crippen LogP contribution in [0.2, 0.25) is 5.02 Å². The van der Waals surface area contributed by atoms with Crippen molar-refractivity contribution in [1.82, 2.24) is 5.32 Å². The second-order valence-electron chi connectivity index (χ2n) is 8.05. The molecule has 0 saturated carbocycles. The number of nitrogens with one attached hydrogen (secondary N) is 2. The Bertz CT molecular complexity index is 1320. The summed E-state index contributed by atoms with van der Waals surface area (Å²) in [4.78, 5) is 38.9. The van der Waals surface area contributed by atoms with Gasteiger partial charge in [0.05, 0.1) is 60.6 Å². The molecule has 2 atom stereocenters. The summed E-state index contributed by atoms with van der Waals surface area (Å²) in [7, 11) is 2.88. The lowest BCUT2D eigenvalue weighted by Crippen LogP contribution is -2.44. The summed E-state index contributed by atoms with van der Waals surface area (Å²) in [6.07, 6.45) is 0. The van der Waals surface area contributed by atoms with E-state index >= 15 is 0 Å². The number of hydrogen-bond donors (Lipinski definition) is 2. The first-order valence-electron chi connectivity index (χ1n) is 12.0. The maximum atomic E-state index is 13.2. The van der Waals surface area contributed by atoms with Gasteiger partial charge in [0.2, 0.25) is 11.8 Å². The highest BCUT2D eigenvalue weighted by Crippen LogP contribution is 2.43. The topological polar surface area (TPSA) is 136 Å². The monoisotopic (exact) mass is 573 g/mol. The van der Waals surface area contributed by atoms with Crippen molar-refractivity contribution in [2.75, 3.05) is 38.5 Å². The van der Waals surface area contributed by atoms with Crippen LogP contribution in [0.15, 0.2) is 47.0 Å². The molecule has 12 heteroatoms. The number of thioether (sulfide) groups is 1. The number of nitriles is 1. The summed E-state index contributed by atoms with van der Waals surface area (Å²) in [5.41, 5.74) is 0.935. The largest absolute Gasteiger partial charge is 0.495 e. The quantitative estimate of drug-likeness (QED) is 0.298. The third-order valence-corrected chi connectivity index (χ3v) is 7.03. The molecule has 0 aliphatic carbocycles. The third kappa shape index (κ3) is 6.77. The van der Waals surface area contributed by atoms with Crippen molar-refractivity contribution in [2.24, 2.45) is 5.92 Å². The Hall–Kier alpha value is -3.88. The molecule has 3 rings (SSSR count). The van der Waals surface area contributed by atoms with E-state index in [1.54, 1.807) is 38.1 Å². The van der Waals surface area contributed by atoms with E-state index in [4.69, 9.17) is 30.5 Å². The van der Waals surface area contributed by atoms with Crippen LogP contribution in [0.3, 0.4) is 0 Å². The number of carbonyl (C=O) groups excluding carboxylic acids is 3. The highest BCUT2D eigenvalue weighted by Gasteiger charge is 2.45. The maximum Gasteiger partial charge on any atom is 0.319 e. The van der Waals surface area contributed by atoms with Crippen LogP contribution in [0.5, 0.6) is 17.2 Å². The predicted molar refractivity (Wildman–Crippen MR) is 147 cm³/mol. The summed E-state index contributed by atoms with van der Waals surface area (Å²) in [5, 5.41) is 16.0. The zero-order valence-electron chi connectivity index (χ0n) is 21.8. The van der Waals surface area contributed by atoms with Gasteiger partial charge in [-0.15, -0.1) is 0 Å². The van der Waals surface area contributed by atoms with Crippen LogP contribution in [-0.2, 0) is 19.1 Å². The van der Waals surface area contributed by atoms with Gasteiger partial charge < -0.3 is 29.6 Å². The zero-order valence-corrected chi connectivity index (χ0v) is 23.4. The number of methoxy groups -OCH3 is 2. The van der Waals surface area contributed by atoms with Crippen LogP contribution in [0.4, 0.5) is 5.69 Å². The summed E-state index contributed by atoms with van der Waals surface area (Å²) >= 11 is 7.09. The van der Waals surface area contributed by atoms with Gasteiger partial charge in [-0.3, -0.25) is 14.4 Å². The van der Waals surface area contributed by atoms with E-state index in [0.29, 0.717) is 40.1 Å². The number of esters is 1. The van der Waals surface area contributed by atoms with E-state index in [2.05, 4.69) is 16.7 Å². The molecule has 2 aromatic rings. The van der Waals surface area contributed by atoms with Gasteiger partial charge in [0.1, 0.15) is 23.2 Å². The fourth-order valence-corrected chi connectivity index (χ4v) is 5.15. The lowest BCUT2D eigenvalue weighted by Gasteiger charge is -2.32. The van der Waals surface area contributed by atoms with Crippen LogP contribution in [-0.4, -0.2) is 51.0 Å². The van der Waals surface area contributed by atoms with E-state index in [0.717, 1.165) is 11.8 Å².